The van der Waals surface area contributed by atoms with Gasteiger partial charge in [-0.05, 0) is 36.8 Å². The van der Waals surface area contributed by atoms with Gasteiger partial charge in [0.15, 0.2) is 5.11 Å². The van der Waals surface area contributed by atoms with Crippen LogP contribution < -0.4 is 5.32 Å². The van der Waals surface area contributed by atoms with E-state index < -0.39 is 0 Å². The Morgan fingerprint density at radius 2 is 2.17 bits per heavy atom. The van der Waals surface area contributed by atoms with Gasteiger partial charge in [0.1, 0.15) is 5.70 Å². The van der Waals surface area contributed by atoms with Gasteiger partial charge in [0.2, 0.25) is 0 Å². The van der Waals surface area contributed by atoms with Crippen LogP contribution in [0.3, 0.4) is 0 Å². The summed E-state index contributed by atoms with van der Waals surface area (Å²) in [4.78, 5) is 13.5. The van der Waals surface area contributed by atoms with Crippen molar-refractivity contribution in [3.8, 4) is 0 Å². The van der Waals surface area contributed by atoms with Crippen molar-refractivity contribution in [2.24, 2.45) is 0 Å². The Bertz CT molecular complexity index is 557. The highest BCUT2D eigenvalue weighted by Gasteiger charge is 2.29. The summed E-state index contributed by atoms with van der Waals surface area (Å²) in [6, 6.07) is 5.25. The molecule has 3 nitrogen and oxygen atoms in total. The number of carbonyl (C=O) groups excluding carboxylic acids is 1. The predicted octanol–water partition coefficient (Wildman–Crippen LogP) is 3.07. The van der Waals surface area contributed by atoms with Crippen molar-refractivity contribution >= 4 is 52.5 Å². The van der Waals surface area contributed by atoms with Crippen LogP contribution in [0.1, 0.15) is 12.5 Å². The Balaban J connectivity index is 2.38. The number of nitrogens with zero attached hydrogens (tertiary/aromatic N) is 1. The molecule has 6 heteroatoms. The molecule has 0 aromatic heterocycles. The molecule has 1 aliphatic heterocycles. The molecule has 18 heavy (non-hydrogen) atoms. The largest absolute Gasteiger partial charge is 0.328 e. The van der Waals surface area contributed by atoms with Crippen LogP contribution >= 0.6 is 35.4 Å². The number of likely N-dealkylation sites (N-methyl/N-ethyl adjacent to an activating group) is 1. The number of benzene rings is 1. The van der Waals surface area contributed by atoms with Crippen molar-refractivity contribution in [1.82, 2.24) is 10.2 Å². The van der Waals surface area contributed by atoms with E-state index in [1.54, 1.807) is 24.3 Å². The van der Waals surface area contributed by atoms with Crippen molar-refractivity contribution in [2.45, 2.75) is 6.92 Å². The van der Waals surface area contributed by atoms with Gasteiger partial charge in [-0.3, -0.25) is 9.69 Å². The minimum absolute atomic E-state index is 0.154. The van der Waals surface area contributed by atoms with Crippen LogP contribution in [-0.4, -0.2) is 22.5 Å². The van der Waals surface area contributed by atoms with Crippen LogP contribution in [0.4, 0.5) is 0 Å². The summed E-state index contributed by atoms with van der Waals surface area (Å²) in [6.07, 6.45) is 1.65. The fourth-order valence-electron chi connectivity index (χ4n) is 1.65. The molecule has 0 atom stereocenters. The van der Waals surface area contributed by atoms with E-state index in [0.29, 0.717) is 33.0 Å². The number of halogens is 2. The monoisotopic (exact) mass is 300 g/mol. The number of carbonyl (C=O) groups is 1. The van der Waals surface area contributed by atoms with Crippen LogP contribution in [0, 0.1) is 0 Å². The number of nitrogens with one attached hydrogen (secondary N) is 1. The highest BCUT2D eigenvalue weighted by Crippen LogP contribution is 2.27. The lowest BCUT2D eigenvalue weighted by Gasteiger charge is -2.08. The van der Waals surface area contributed by atoms with E-state index >= 15 is 0 Å². The van der Waals surface area contributed by atoms with E-state index in [4.69, 9.17) is 35.4 Å². The molecular weight excluding hydrogens is 291 g/mol. The molecule has 1 N–H and O–H groups in total. The highest BCUT2D eigenvalue weighted by molar-refractivity contribution is 7.80. The molecule has 0 bridgehead atoms. The summed E-state index contributed by atoms with van der Waals surface area (Å²) in [5, 5.41) is 4.15. The Hall–Kier alpha value is -1.10. The van der Waals surface area contributed by atoms with Crippen LogP contribution in [-0.2, 0) is 4.79 Å². The summed E-state index contributed by atoms with van der Waals surface area (Å²) in [5.41, 5.74) is 1.09. The first-order chi connectivity index (χ1) is 8.54. The summed E-state index contributed by atoms with van der Waals surface area (Å²) in [6.45, 7) is 2.40. The second-order valence-electron chi connectivity index (χ2n) is 3.68. The van der Waals surface area contributed by atoms with Gasteiger partial charge >= 0.3 is 0 Å². The normalized spacial score (nSPS) is 17.5. The summed E-state index contributed by atoms with van der Waals surface area (Å²) in [7, 11) is 0. The lowest BCUT2D eigenvalue weighted by Crippen LogP contribution is -2.30. The van der Waals surface area contributed by atoms with E-state index in [9.17, 15) is 4.79 Å². The molecule has 1 aliphatic rings. The topological polar surface area (TPSA) is 32.3 Å². The summed E-state index contributed by atoms with van der Waals surface area (Å²) < 4.78 is 0. The third-order valence-corrected chi connectivity index (χ3v) is 3.72. The fraction of sp³-hybridized carbons (Fsp3) is 0.167. The molecule has 1 heterocycles. The summed E-state index contributed by atoms with van der Waals surface area (Å²) >= 11 is 17.0. The molecule has 1 aromatic rings. The molecule has 0 saturated carbocycles. The maximum Gasteiger partial charge on any atom is 0.276 e. The first kappa shape index (κ1) is 13.3. The maximum atomic E-state index is 12.0. The minimum atomic E-state index is -0.154. The van der Waals surface area contributed by atoms with Gasteiger partial charge < -0.3 is 5.32 Å². The Morgan fingerprint density at radius 3 is 2.78 bits per heavy atom. The molecular formula is C12H10Cl2N2OS. The molecule has 1 fully saturated rings. The SMILES string of the molecule is CCN1C(=O)/C(=C/c2cccc(Cl)c2Cl)NC1=S. The average molecular weight is 301 g/mol. The molecule has 1 aromatic carbocycles. The molecule has 1 amide bonds. The number of hydrogen-bond donors (Lipinski definition) is 1. The minimum Gasteiger partial charge on any atom is -0.328 e. The second-order valence-corrected chi connectivity index (χ2v) is 4.85. The molecule has 2 rings (SSSR count). The lowest BCUT2D eigenvalue weighted by molar-refractivity contribution is -0.122. The van der Waals surface area contributed by atoms with Gasteiger partial charge in [-0.25, -0.2) is 0 Å². The third kappa shape index (κ3) is 2.36. The standard InChI is InChI=1S/C12H10Cl2N2OS/c1-2-16-11(17)9(15-12(16)18)6-7-4-3-5-8(13)10(7)14/h3-6H,2H2,1H3,(H,15,18)/b9-6-. The second kappa shape index (κ2) is 5.26. The predicted molar refractivity (Wildman–Crippen MR) is 77.6 cm³/mol. The molecule has 0 radical (unpaired) electrons. The average Bonchev–Trinajstić information content (AvgIpc) is 2.60. The molecule has 0 unspecified atom stereocenters. The van der Waals surface area contributed by atoms with Gasteiger partial charge in [0, 0.05) is 6.54 Å². The Morgan fingerprint density at radius 1 is 1.44 bits per heavy atom. The van der Waals surface area contributed by atoms with Crippen molar-refractivity contribution in [3.05, 3.63) is 39.5 Å². The van der Waals surface area contributed by atoms with Gasteiger partial charge in [0.25, 0.3) is 5.91 Å². The zero-order chi connectivity index (χ0) is 13.3. The maximum absolute atomic E-state index is 12.0. The van der Waals surface area contributed by atoms with Crippen LogP contribution in [0.2, 0.25) is 10.0 Å². The number of rotatable bonds is 2. The van der Waals surface area contributed by atoms with E-state index in [2.05, 4.69) is 5.32 Å². The quantitative estimate of drug-likeness (QED) is 0.673. The van der Waals surface area contributed by atoms with Gasteiger partial charge in [-0.15, -0.1) is 0 Å². The molecule has 0 aliphatic carbocycles. The zero-order valence-electron chi connectivity index (χ0n) is 9.54. The molecule has 94 valence electrons. The Kier molecular flexibility index (Phi) is 3.90. The first-order valence-corrected chi connectivity index (χ1v) is 6.49. The van der Waals surface area contributed by atoms with Crippen LogP contribution in [0.15, 0.2) is 23.9 Å². The van der Waals surface area contributed by atoms with E-state index in [-0.39, 0.29) is 5.91 Å². The van der Waals surface area contributed by atoms with Gasteiger partial charge in [-0.1, -0.05) is 35.3 Å². The Labute approximate surface area is 120 Å². The number of thiocarbonyl (C=S) groups is 1. The number of amides is 1. The van der Waals surface area contributed by atoms with Crippen molar-refractivity contribution in [3.63, 3.8) is 0 Å². The lowest BCUT2D eigenvalue weighted by atomic mass is 10.2. The third-order valence-electron chi connectivity index (χ3n) is 2.56. The van der Waals surface area contributed by atoms with Crippen molar-refractivity contribution < 1.29 is 4.79 Å². The van der Waals surface area contributed by atoms with E-state index in [0.717, 1.165) is 0 Å². The number of hydrogen-bond acceptors (Lipinski definition) is 2. The summed E-state index contributed by atoms with van der Waals surface area (Å²) in [5.74, 6) is -0.154. The first-order valence-electron chi connectivity index (χ1n) is 5.33. The van der Waals surface area contributed by atoms with E-state index in [1.165, 1.54) is 4.90 Å². The van der Waals surface area contributed by atoms with Crippen LogP contribution in [0.5, 0.6) is 0 Å². The van der Waals surface area contributed by atoms with Gasteiger partial charge in [-0.2, -0.15) is 0 Å². The van der Waals surface area contributed by atoms with Crippen molar-refractivity contribution in [1.29, 1.82) is 0 Å². The highest BCUT2D eigenvalue weighted by atomic mass is 35.5. The van der Waals surface area contributed by atoms with Gasteiger partial charge in [0.05, 0.1) is 10.0 Å². The van der Waals surface area contributed by atoms with E-state index in [1.807, 2.05) is 6.92 Å². The smallest absolute Gasteiger partial charge is 0.276 e. The van der Waals surface area contributed by atoms with Crippen LogP contribution in [0.25, 0.3) is 6.08 Å². The molecule has 0 spiro atoms. The zero-order valence-corrected chi connectivity index (χ0v) is 11.9. The fourth-order valence-corrected chi connectivity index (χ4v) is 2.33. The molecule has 1 saturated heterocycles. The van der Waals surface area contributed by atoms with Crippen molar-refractivity contribution in [2.75, 3.05) is 6.54 Å².